The van der Waals surface area contributed by atoms with Crippen LogP contribution in [0.1, 0.15) is 26.2 Å². The van der Waals surface area contributed by atoms with Crippen LogP contribution in [-0.4, -0.2) is 23.9 Å². The molecule has 0 aromatic carbocycles. The van der Waals surface area contributed by atoms with Crippen LogP contribution in [0.2, 0.25) is 0 Å². The molecule has 0 atom stereocenters. The fourth-order valence-electron chi connectivity index (χ4n) is 1.18. The van der Waals surface area contributed by atoms with Gasteiger partial charge in [-0.2, -0.15) is 0 Å². The lowest BCUT2D eigenvalue weighted by atomic mass is 10.4. The fourth-order valence-corrected chi connectivity index (χ4v) is 1.18. The molecular weight excluding hydrogens is 98.1 g/mol. The maximum atomic E-state index is 2.42. The summed E-state index contributed by atoms with van der Waals surface area (Å²) in [7, 11) is 0. The van der Waals surface area contributed by atoms with Crippen molar-refractivity contribution >= 4 is 6.21 Å². The van der Waals surface area contributed by atoms with Crippen molar-refractivity contribution in [2.75, 3.05) is 13.1 Å². The average molecular weight is 112 g/mol. The highest BCUT2D eigenvalue weighted by Crippen LogP contribution is 1.99. The lowest BCUT2D eigenvalue weighted by molar-refractivity contribution is -0.502. The summed E-state index contributed by atoms with van der Waals surface area (Å²) in [5.41, 5.74) is 0. The molecule has 0 aliphatic carbocycles. The van der Waals surface area contributed by atoms with Crippen LogP contribution in [0.3, 0.4) is 0 Å². The van der Waals surface area contributed by atoms with Gasteiger partial charge >= 0.3 is 0 Å². The van der Waals surface area contributed by atoms with Gasteiger partial charge in [0.15, 0.2) is 0 Å². The molecule has 1 fully saturated rings. The summed E-state index contributed by atoms with van der Waals surface area (Å²) in [5, 5.41) is 0. The Kier molecular flexibility index (Phi) is 2.07. The minimum atomic E-state index is 1.19. The quantitative estimate of drug-likeness (QED) is 0.449. The minimum absolute atomic E-state index is 1.19. The summed E-state index contributed by atoms with van der Waals surface area (Å²) in [6.07, 6.45) is 6.29. The van der Waals surface area contributed by atoms with E-state index in [2.05, 4.69) is 17.7 Å². The predicted octanol–water partition coefficient (Wildman–Crippen LogP) is 1.27. The first kappa shape index (κ1) is 5.80. The zero-order chi connectivity index (χ0) is 5.82. The maximum Gasteiger partial charge on any atom is 0.142 e. The summed E-state index contributed by atoms with van der Waals surface area (Å²) in [6.45, 7) is 4.79. The maximum absolute atomic E-state index is 2.42. The second-order valence-electron chi connectivity index (χ2n) is 2.33. The molecule has 0 saturated carbocycles. The second kappa shape index (κ2) is 2.85. The summed E-state index contributed by atoms with van der Waals surface area (Å²) >= 11 is 0. The third-order valence-electron chi connectivity index (χ3n) is 1.58. The van der Waals surface area contributed by atoms with Crippen LogP contribution in [0.4, 0.5) is 0 Å². The van der Waals surface area contributed by atoms with Crippen LogP contribution in [0.15, 0.2) is 0 Å². The topological polar surface area (TPSA) is 3.01 Å². The molecule has 1 nitrogen and oxygen atoms in total. The Morgan fingerprint density at radius 1 is 1.38 bits per heavy atom. The van der Waals surface area contributed by atoms with Gasteiger partial charge in [-0.3, -0.25) is 0 Å². The predicted molar refractivity (Wildman–Crippen MR) is 35.6 cm³/mol. The van der Waals surface area contributed by atoms with E-state index in [-0.39, 0.29) is 0 Å². The van der Waals surface area contributed by atoms with E-state index in [1.165, 1.54) is 32.4 Å². The van der Waals surface area contributed by atoms with Crippen molar-refractivity contribution < 1.29 is 4.58 Å². The van der Waals surface area contributed by atoms with Crippen molar-refractivity contribution in [2.24, 2.45) is 0 Å². The fraction of sp³-hybridized carbons (Fsp3) is 0.857. The second-order valence-corrected chi connectivity index (χ2v) is 2.33. The first-order valence-corrected chi connectivity index (χ1v) is 3.51. The number of nitrogens with zero attached hydrogens (tertiary/aromatic N) is 1. The molecule has 0 radical (unpaired) electrons. The van der Waals surface area contributed by atoms with Crippen LogP contribution >= 0.6 is 0 Å². The van der Waals surface area contributed by atoms with Crippen molar-refractivity contribution in [1.82, 2.24) is 0 Å². The number of hydrogen-bond acceptors (Lipinski definition) is 0. The smallest absolute Gasteiger partial charge is 0.142 e. The first-order chi connectivity index (χ1) is 3.93. The largest absolute Gasteiger partial charge is 0.240 e. The van der Waals surface area contributed by atoms with Gasteiger partial charge in [-0.15, -0.1) is 0 Å². The highest BCUT2D eigenvalue weighted by atomic mass is 15.0. The zero-order valence-electron chi connectivity index (χ0n) is 5.56. The summed E-state index contributed by atoms with van der Waals surface area (Å²) in [5.74, 6) is 0. The summed E-state index contributed by atoms with van der Waals surface area (Å²) in [4.78, 5) is 0. The molecule has 46 valence electrons. The van der Waals surface area contributed by atoms with E-state index in [1.54, 1.807) is 0 Å². The monoisotopic (exact) mass is 112 g/mol. The van der Waals surface area contributed by atoms with E-state index in [1.807, 2.05) is 0 Å². The van der Waals surface area contributed by atoms with Crippen molar-refractivity contribution in [2.45, 2.75) is 26.2 Å². The van der Waals surface area contributed by atoms with Gasteiger partial charge in [-0.1, -0.05) is 6.92 Å². The van der Waals surface area contributed by atoms with Gasteiger partial charge in [0, 0.05) is 19.3 Å². The van der Waals surface area contributed by atoms with E-state index >= 15 is 0 Å². The summed E-state index contributed by atoms with van der Waals surface area (Å²) in [6, 6.07) is 0. The van der Waals surface area contributed by atoms with Crippen molar-refractivity contribution in [1.29, 1.82) is 0 Å². The standard InChI is InChI=1S/C7H14N/c1-2-5-8-6-3-4-7-8/h5H,2-4,6-7H2,1H3/q+1. The molecular formula is C7H14N+. The Morgan fingerprint density at radius 3 is 2.50 bits per heavy atom. The van der Waals surface area contributed by atoms with Gasteiger partial charge in [-0.25, -0.2) is 4.58 Å². The van der Waals surface area contributed by atoms with Gasteiger partial charge in [0.25, 0.3) is 0 Å². The summed E-state index contributed by atoms with van der Waals surface area (Å²) < 4.78 is 2.42. The molecule has 1 aliphatic rings. The SMILES string of the molecule is CCC=[N+]1CCCC1. The van der Waals surface area contributed by atoms with Crippen LogP contribution in [0.5, 0.6) is 0 Å². The molecule has 0 bridgehead atoms. The lowest BCUT2D eigenvalue weighted by Crippen LogP contribution is -2.05. The van der Waals surface area contributed by atoms with E-state index in [0.717, 1.165) is 0 Å². The van der Waals surface area contributed by atoms with Crippen LogP contribution in [0, 0.1) is 0 Å². The van der Waals surface area contributed by atoms with Crippen molar-refractivity contribution in [3.05, 3.63) is 0 Å². The molecule has 0 N–H and O–H groups in total. The molecule has 0 aromatic rings. The molecule has 1 heteroatoms. The van der Waals surface area contributed by atoms with E-state index in [0.29, 0.717) is 0 Å². The Balaban J connectivity index is 2.33. The third kappa shape index (κ3) is 1.32. The molecule has 1 aliphatic heterocycles. The van der Waals surface area contributed by atoms with Gasteiger partial charge in [-0.05, 0) is 0 Å². The lowest BCUT2D eigenvalue weighted by Gasteiger charge is -1.85. The van der Waals surface area contributed by atoms with E-state index < -0.39 is 0 Å². The van der Waals surface area contributed by atoms with Crippen molar-refractivity contribution in [3.8, 4) is 0 Å². The van der Waals surface area contributed by atoms with E-state index in [4.69, 9.17) is 0 Å². The molecule has 8 heavy (non-hydrogen) atoms. The molecule has 1 heterocycles. The minimum Gasteiger partial charge on any atom is -0.240 e. The van der Waals surface area contributed by atoms with Gasteiger partial charge < -0.3 is 0 Å². The van der Waals surface area contributed by atoms with Gasteiger partial charge in [0.1, 0.15) is 19.3 Å². The molecule has 0 unspecified atom stereocenters. The van der Waals surface area contributed by atoms with Crippen molar-refractivity contribution in [3.63, 3.8) is 0 Å². The zero-order valence-corrected chi connectivity index (χ0v) is 5.56. The molecule has 0 spiro atoms. The Morgan fingerprint density at radius 2 is 2.00 bits per heavy atom. The van der Waals surface area contributed by atoms with Crippen LogP contribution in [-0.2, 0) is 0 Å². The normalized spacial score (nSPS) is 19.4. The third-order valence-corrected chi connectivity index (χ3v) is 1.58. The highest BCUT2D eigenvalue weighted by molar-refractivity contribution is 5.50. The Bertz CT molecular complexity index is 86.6. The Hall–Kier alpha value is -0.330. The van der Waals surface area contributed by atoms with Crippen LogP contribution < -0.4 is 0 Å². The average Bonchev–Trinajstić information content (AvgIpc) is 2.19. The molecule has 1 saturated heterocycles. The van der Waals surface area contributed by atoms with Gasteiger partial charge in [0.2, 0.25) is 0 Å². The number of hydrogen-bond donors (Lipinski definition) is 0. The molecule has 0 aromatic heterocycles. The van der Waals surface area contributed by atoms with Crippen LogP contribution in [0.25, 0.3) is 0 Å². The first-order valence-electron chi connectivity index (χ1n) is 3.51. The van der Waals surface area contributed by atoms with E-state index in [9.17, 15) is 0 Å². The number of rotatable bonds is 1. The van der Waals surface area contributed by atoms with Gasteiger partial charge in [0.05, 0.1) is 0 Å². The molecule has 1 rings (SSSR count). The Labute approximate surface area is 51.0 Å². The highest BCUT2D eigenvalue weighted by Gasteiger charge is 2.10. The molecule has 0 amide bonds.